The minimum Gasteiger partial charge on any atom is -0.383 e. The average Bonchev–Trinajstić information content (AvgIpc) is 2.77. The van der Waals surface area contributed by atoms with E-state index in [-0.39, 0.29) is 0 Å². The first-order valence-electron chi connectivity index (χ1n) is 5.53. The maximum atomic E-state index is 5.74. The Labute approximate surface area is 105 Å². The summed E-state index contributed by atoms with van der Waals surface area (Å²) < 4.78 is 0. The molecule has 0 fully saturated rings. The van der Waals surface area contributed by atoms with Crippen molar-refractivity contribution >= 4 is 23.0 Å². The molecule has 2 aromatic rings. The molecule has 0 aliphatic rings. The lowest BCUT2D eigenvalue weighted by atomic mass is 10.2. The molecule has 2 heterocycles. The van der Waals surface area contributed by atoms with Gasteiger partial charge in [0.1, 0.15) is 18.0 Å². The van der Waals surface area contributed by atoms with Crippen molar-refractivity contribution in [1.82, 2.24) is 9.97 Å². The minimum atomic E-state index is 0.321. The summed E-state index contributed by atoms with van der Waals surface area (Å²) in [6.07, 6.45) is 2.48. The molecule has 0 aliphatic carbocycles. The van der Waals surface area contributed by atoms with Crippen LogP contribution in [0.4, 0.5) is 11.6 Å². The number of nitrogens with two attached hydrogens (primary N) is 1. The van der Waals surface area contributed by atoms with Crippen molar-refractivity contribution in [2.24, 2.45) is 0 Å². The summed E-state index contributed by atoms with van der Waals surface area (Å²) >= 11 is 1.77. The molecule has 0 aromatic carbocycles. The molecule has 1 unspecified atom stereocenters. The van der Waals surface area contributed by atoms with Crippen molar-refractivity contribution < 1.29 is 0 Å². The summed E-state index contributed by atoms with van der Waals surface area (Å²) in [5, 5.41) is 5.46. The van der Waals surface area contributed by atoms with Gasteiger partial charge in [0, 0.05) is 22.9 Å². The predicted molar refractivity (Wildman–Crippen MR) is 72.3 cm³/mol. The van der Waals surface area contributed by atoms with Crippen LogP contribution < -0.4 is 11.1 Å². The summed E-state index contributed by atoms with van der Waals surface area (Å²) in [5.41, 5.74) is 6.65. The molecule has 0 amide bonds. The van der Waals surface area contributed by atoms with Gasteiger partial charge in [-0.15, -0.1) is 11.3 Å². The highest BCUT2D eigenvalue weighted by atomic mass is 32.1. The van der Waals surface area contributed by atoms with E-state index >= 15 is 0 Å². The third kappa shape index (κ3) is 2.94. The zero-order chi connectivity index (χ0) is 12.3. The van der Waals surface area contributed by atoms with Crippen LogP contribution in [-0.4, -0.2) is 16.0 Å². The van der Waals surface area contributed by atoms with Crippen molar-refractivity contribution in [3.05, 3.63) is 34.3 Å². The maximum absolute atomic E-state index is 5.74. The number of thiophene rings is 1. The zero-order valence-corrected chi connectivity index (χ0v) is 10.8. The van der Waals surface area contributed by atoms with E-state index in [4.69, 9.17) is 5.73 Å². The van der Waals surface area contributed by atoms with Crippen molar-refractivity contribution in [2.45, 2.75) is 26.3 Å². The highest BCUT2D eigenvalue weighted by Crippen LogP contribution is 2.18. The van der Waals surface area contributed by atoms with Gasteiger partial charge >= 0.3 is 0 Å². The molecule has 0 saturated carbocycles. The van der Waals surface area contributed by atoms with E-state index in [0.29, 0.717) is 11.9 Å². The number of aromatic nitrogens is 2. The quantitative estimate of drug-likeness (QED) is 0.872. The van der Waals surface area contributed by atoms with Gasteiger partial charge in [0.05, 0.1) is 0 Å². The Morgan fingerprint density at radius 1 is 1.47 bits per heavy atom. The molecule has 0 spiro atoms. The Morgan fingerprint density at radius 3 is 3.00 bits per heavy atom. The van der Waals surface area contributed by atoms with Crippen LogP contribution in [0.5, 0.6) is 0 Å². The SMILES string of the molecule is Cc1c(N)ncnc1NC(C)Cc1cccs1. The third-order valence-electron chi connectivity index (χ3n) is 2.59. The normalized spacial score (nSPS) is 12.4. The summed E-state index contributed by atoms with van der Waals surface area (Å²) in [4.78, 5) is 9.53. The van der Waals surface area contributed by atoms with Crippen LogP contribution >= 0.6 is 11.3 Å². The molecular weight excluding hydrogens is 232 g/mol. The fourth-order valence-electron chi connectivity index (χ4n) is 1.62. The van der Waals surface area contributed by atoms with E-state index in [1.54, 1.807) is 11.3 Å². The van der Waals surface area contributed by atoms with Gasteiger partial charge in [-0.3, -0.25) is 0 Å². The first kappa shape index (κ1) is 11.9. The van der Waals surface area contributed by atoms with Gasteiger partial charge in [0.2, 0.25) is 0 Å². The van der Waals surface area contributed by atoms with Gasteiger partial charge in [0.25, 0.3) is 0 Å². The van der Waals surface area contributed by atoms with Crippen LogP contribution in [0.1, 0.15) is 17.4 Å². The Balaban J connectivity index is 2.03. The topological polar surface area (TPSA) is 63.8 Å². The lowest BCUT2D eigenvalue weighted by Crippen LogP contribution is -2.19. The molecule has 1 atom stereocenters. The third-order valence-corrected chi connectivity index (χ3v) is 3.49. The molecule has 0 saturated heterocycles. The Morgan fingerprint density at radius 2 is 2.29 bits per heavy atom. The number of anilines is 2. The summed E-state index contributed by atoms with van der Waals surface area (Å²) in [6.45, 7) is 4.06. The fourth-order valence-corrected chi connectivity index (χ4v) is 2.46. The van der Waals surface area contributed by atoms with Crippen LogP contribution in [0.3, 0.4) is 0 Å². The van der Waals surface area contributed by atoms with Crippen LogP contribution in [0.25, 0.3) is 0 Å². The number of hydrogen-bond donors (Lipinski definition) is 2. The Kier molecular flexibility index (Phi) is 3.58. The second-order valence-electron chi connectivity index (χ2n) is 4.06. The van der Waals surface area contributed by atoms with Gasteiger partial charge in [0.15, 0.2) is 0 Å². The van der Waals surface area contributed by atoms with Crippen LogP contribution in [-0.2, 0) is 6.42 Å². The van der Waals surface area contributed by atoms with Gasteiger partial charge in [-0.25, -0.2) is 9.97 Å². The largest absolute Gasteiger partial charge is 0.383 e. The van der Waals surface area contributed by atoms with Gasteiger partial charge < -0.3 is 11.1 Å². The molecule has 17 heavy (non-hydrogen) atoms. The average molecular weight is 248 g/mol. The molecule has 0 radical (unpaired) electrons. The molecule has 0 aliphatic heterocycles. The van der Waals surface area contributed by atoms with E-state index < -0.39 is 0 Å². The zero-order valence-electron chi connectivity index (χ0n) is 9.97. The second kappa shape index (κ2) is 5.14. The van der Waals surface area contributed by atoms with E-state index in [2.05, 4.69) is 39.7 Å². The number of hydrogen-bond acceptors (Lipinski definition) is 5. The molecule has 5 heteroatoms. The summed E-state index contributed by atoms with van der Waals surface area (Å²) in [5.74, 6) is 1.35. The maximum Gasteiger partial charge on any atom is 0.134 e. The number of rotatable bonds is 4. The second-order valence-corrected chi connectivity index (χ2v) is 5.09. The monoisotopic (exact) mass is 248 g/mol. The Bertz CT molecular complexity index is 481. The van der Waals surface area contributed by atoms with E-state index in [0.717, 1.165) is 17.8 Å². The van der Waals surface area contributed by atoms with Crippen LogP contribution in [0, 0.1) is 6.92 Å². The molecule has 90 valence electrons. The first-order valence-corrected chi connectivity index (χ1v) is 6.40. The Hall–Kier alpha value is -1.62. The van der Waals surface area contributed by atoms with E-state index in [1.807, 2.05) is 6.92 Å². The van der Waals surface area contributed by atoms with Crippen molar-refractivity contribution in [3.63, 3.8) is 0 Å². The van der Waals surface area contributed by atoms with Crippen LogP contribution in [0.15, 0.2) is 23.8 Å². The van der Waals surface area contributed by atoms with Gasteiger partial charge in [-0.05, 0) is 25.3 Å². The van der Waals surface area contributed by atoms with E-state index in [9.17, 15) is 0 Å². The highest BCUT2D eigenvalue weighted by molar-refractivity contribution is 7.09. The number of nitrogen functional groups attached to an aromatic ring is 1. The standard InChI is InChI=1S/C12H16N4S/c1-8(6-10-4-3-5-17-10)16-12-9(2)11(13)14-7-15-12/h3-5,7-8H,6H2,1-2H3,(H3,13,14,15,16). The predicted octanol–water partition coefficient (Wildman–Crippen LogP) is 2.47. The molecule has 0 bridgehead atoms. The van der Waals surface area contributed by atoms with E-state index in [1.165, 1.54) is 11.2 Å². The molecule has 4 nitrogen and oxygen atoms in total. The van der Waals surface area contributed by atoms with Crippen LogP contribution in [0.2, 0.25) is 0 Å². The van der Waals surface area contributed by atoms with Crippen molar-refractivity contribution in [3.8, 4) is 0 Å². The lowest BCUT2D eigenvalue weighted by Gasteiger charge is -2.15. The number of nitrogens with zero attached hydrogens (tertiary/aromatic N) is 2. The first-order chi connectivity index (χ1) is 8.16. The molecular formula is C12H16N4S. The van der Waals surface area contributed by atoms with Gasteiger partial charge in [-0.2, -0.15) is 0 Å². The molecule has 3 N–H and O–H groups in total. The highest BCUT2D eigenvalue weighted by Gasteiger charge is 2.08. The number of nitrogens with one attached hydrogen (secondary N) is 1. The van der Waals surface area contributed by atoms with Crippen molar-refractivity contribution in [1.29, 1.82) is 0 Å². The fraction of sp³-hybridized carbons (Fsp3) is 0.333. The lowest BCUT2D eigenvalue weighted by molar-refractivity contribution is 0.791. The molecule has 2 aromatic heterocycles. The van der Waals surface area contributed by atoms with Gasteiger partial charge in [-0.1, -0.05) is 6.07 Å². The molecule has 2 rings (SSSR count). The smallest absolute Gasteiger partial charge is 0.134 e. The minimum absolute atomic E-state index is 0.321. The summed E-state index contributed by atoms with van der Waals surface area (Å²) in [7, 11) is 0. The summed E-state index contributed by atoms with van der Waals surface area (Å²) in [6, 6.07) is 4.53. The van der Waals surface area contributed by atoms with Crippen molar-refractivity contribution in [2.75, 3.05) is 11.1 Å².